The van der Waals surface area contributed by atoms with E-state index in [0.29, 0.717) is 42.4 Å². The molecule has 0 bridgehead atoms. The van der Waals surface area contributed by atoms with Crippen molar-refractivity contribution in [3.63, 3.8) is 0 Å². The molecule has 3 rings (SSSR count). The lowest BCUT2D eigenvalue weighted by molar-refractivity contribution is -0.141. The summed E-state index contributed by atoms with van der Waals surface area (Å²) in [5, 5.41) is 0. The molecule has 1 saturated heterocycles. The minimum atomic E-state index is -4.54. The number of aromatic nitrogens is 1. The fraction of sp³-hybridized carbons (Fsp3) is 0.520. The van der Waals surface area contributed by atoms with Crippen LogP contribution in [0.2, 0.25) is 0 Å². The summed E-state index contributed by atoms with van der Waals surface area (Å²) in [6.07, 6.45) is -0.938. The third-order valence-corrected chi connectivity index (χ3v) is 7.01. The van der Waals surface area contributed by atoms with Crippen LogP contribution in [0.1, 0.15) is 55.0 Å². The molecule has 1 fully saturated rings. The molecule has 0 spiro atoms. The van der Waals surface area contributed by atoms with Crippen LogP contribution < -0.4 is 9.62 Å². The van der Waals surface area contributed by atoms with E-state index in [1.165, 1.54) is 18.2 Å². The summed E-state index contributed by atoms with van der Waals surface area (Å²) in [6, 6.07) is 6.77. The Kier molecular flexibility index (Phi) is 9.10. The molecule has 1 aliphatic heterocycles. The van der Waals surface area contributed by atoms with E-state index in [9.17, 15) is 30.8 Å². The minimum absolute atomic E-state index is 0.0867. The van der Waals surface area contributed by atoms with Gasteiger partial charge in [-0.25, -0.2) is 22.5 Å². The van der Waals surface area contributed by atoms with Crippen molar-refractivity contribution in [2.75, 3.05) is 24.2 Å². The van der Waals surface area contributed by atoms with Crippen LogP contribution >= 0.6 is 0 Å². The molecular weight excluding hydrogens is 498 g/mol. The van der Waals surface area contributed by atoms with Gasteiger partial charge in [0.05, 0.1) is 6.26 Å². The molecule has 6 nitrogen and oxygen atoms in total. The number of ketones is 1. The number of hydrogen-bond acceptors (Lipinski definition) is 5. The maximum Gasteiger partial charge on any atom is 0.433 e. The lowest BCUT2D eigenvalue weighted by Gasteiger charge is -2.33. The van der Waals surface area contributed by atoms with Crippen LogP contribution in [0.4, 0.5) is 23.4 Å². The molecule has 0 aliphatic carbocycles. The van der Waals surface area contributed by atoms with E-state index in [4.69, 9.17) is 0 Å². The Bertz CT molecular complexity index is 1180. The SMILES string of the molecule is CC1CCN(c2nc(C(F)(F)F)ccc2CCC(=O)CCc2ccc(CNS(C)(=O)=O)c(F)c2)CC1. The first-order valence-electron chi connectivity index (χ1n) is 11.9. The number of carbonyl (C=O) groups excluding carboxylic acids is 1. The number of rotatable bonds is 10. The zero-order chi connectivity index (χ0) is 26.5. The summed E-state index contributed by atoms with van der Waals surface area (Å²) in [5.74, 6) is 0.153. The highest BCUT2D eigenvalue weighted by molar-refractivity contribution is 7.88. The maximum absolute atomic E-state index is 14.3. The van der Waals surface area contributed by atoms with Gasteiger partial charge in [0.15, 0.2) is 0 Å². The number of benzene rings is 1. The molecule has 1 N–H and O–H groups in total. The number of halogens is 4. The third-order valence-electron chi connectivity index (χ3n) is 6.34. The van der Waals surface area contributed by atoms with Crippen LogP contribution in [0.3, 0.4) is 0 Å². The van der Waals surface area contributed by atoms with Crippen LogP contribution in [-0.4, -0.2) is 38.5 Å². The number of alkyl halides is 3. The Morgan fingerprint density at radius 2 is 1.72 bits per heavy atom. The molecule has 0 atom stereocenters. The number of hydrogen-bond donors (Lipinski definition) is 1. The summed E-state index contributed by atoms with van der Waals surface area (Å²) in [6.45, 7) is 3.20. The van der Waals surface area contributed by atoms with Gasteiger partial charge in [0, 0.05) is 38.0 Å². The lowest BCUT2D eigenvalue weighted by atomic mass is 9.98. The molecule has 2 aromatic rings. The number of aryl methyl sites for hydroxylation is 2. The van der Waals surface area contributed by atoms with Crippen molar-refractivity contribution in [2.45, 2.75) is 58.2 Å². The molecule has 2 heterocycles. The van der Waals surface area contributed by atoms with E-state index >= 15 is 0 Å². The molecule has 1 aromatic carbocycles. The highest BCUT2D eigenvalue weighted by atomic mass is 32.2. The summed E-state index contributed by atoms with van der Waals surface area (Å²) >= 11 is 0. The van der Waals surface area contributed by atoms with E-state index in [1.807, 2.05) is 4.90 Å². The standard InChI is InChI=1S/C25H31F4N3O3S/c1-17-11-13-32(14-12-17)24-19(7-10-23(31-24)25(27,28)29)6-9-21(33)8-4-18-3-5-20(22(26)15-18)16-30-36(2,34)35/h3,5,7,10,15,17,30H,4,6,8-9,11-14,16H2,1-2H3. The van der Waals surface area contributed by atoms with Gasteiger partial charge in [0.1, 0.15) is 23.1 Å². The molecule has 1 aromatic heterocycles. The lowest BCUT2D eigenvalue weighted by Crippen LogP contribution is -2.34. The molecule has 11 heteroatoms. The Hall–Kier alpha value is -2.53. The number of anilines is 1. The predicted molar refractivity (Wildman–Crippen MR) is 130 cm³/mol. The Morgan fingerprint density at radius 1 is 1.08 bits per heavy atom. The molecule has 1 aliphatic rings. The first-order chi connectivity index (χ1) is 16.8. The van der Waals surface area contributed by atoms with Crippen molar-refractivity contribution < 1.29 is 30.8 Å². The third kappa shape index (κ3) is 8.26. The second-order valence-electron chi connectivity index (χ2n) is 9.40. The van der Waals surface area contributed by atoms with Gasteiger partial charge in [-0.15, -0.1) is 0 Å². The van der Waals surface area contributed by atoms with Crippen LogP contribution in [-0.2, 0) is 40.4 Å². The topological polar surface area (TPSA) is 79.4 Å². The second-order valence-corrected chi connectivity index (χ2v) is 11.2. The quantitative estimate of drug-likeness (QED) is 0.453. The molecule has 0 amide bonds. The van der Waals surface area contributed by atoms with E-state index in [1.54, 1.807) is 6.07 Å². The normalized spacial score (nSPS) is 15.3. The van der Waals surface area contributed by atoms with Gasteiger partial charge in [-0.1, -0.05) is 25.1 Å². The first kappa shape index (κ1) is 28.0. The number of Topliss-reactive ketones (excluding diaryl/α,β-unsaturated/α-hetero) is 1. The smallest absolute Gasteiger partial charge is 0.356 e. The van der Waals surface area contributed by atoms with Crippen LogP contribution in [0.5, 0.6) is 0 Å². The summed E-state index contributed by atoms with van der Waals surface area (Å²) in [7, 11) is -3.45. The van der Waals surface area contributed by atoms with Crippen molar-refractivity contribution >= 4 is 21.6 Å². The maximum atomic E-state index is 14.3. The number of sulfonamides is 1. The first-order valence-corrected chi connectivity index (χ1v) is 13.8. The van der Waals surface area contributed by atoms with Gasteiger partial charge in [0.25, 0.3) is 0 Å². The van der Waals surface area contributed by atoms with Gasteiger partial charge in [-0.05, 0) is 54.9 Å². The Morgan fingerprint density at radius 3 is 2.33 bits per heavy atom. The summed E-state index contributed by atoms with van der Waals surface area (Å²) in [4.78, 5) is 18.3. The molecule has 36 heavy (non-hydrogen) atoms. The molecule has 0 saturated carbocycles. The zero-order valence-electron chi connectivity index (χ0n) is 20.4. The number of pyridine rings is 1. The Labute approximate surface area is 209 Å². The van der Waals surface area contributed by atoms with E-state index < -0.39 is 27.7 Å². The van der Waals surface area contributed by atoms with E-state index in [0.717, 1.165) is 25.2 Å². The van der Waals surface area contributed by atoms with Crippen molar-refractivity contribution in [3.8, 4) is 0 Å². The number of piperidine rings is 1. The summed E-state index contributed by atoms with van der Waals surface area (Å²) < 4.78 is 78.6. The molecule has 0 unspecified atom stereocenters. The van der Waals surface area contributed by atoms with E-state index in [-0.39, 0.29) is 37.2 Å². The van der Waals surface area contributed by atoms with Gasteiger partial charge in [-0.3, -0.25) is 4.79 Å². The molecular formula is C25H31F4N3O3S. The van der Waals surface area contributed by atoms with E-state index in [2.05, 4.69) is 16.6 Å². The van der Waals surface area contributed by atoms with Crippen LogP contribution in [0.15, 0.2) is 30.3 Å². The fourth-order valence-electron chi connectivity index (χ4n) is 4.11. The number of nitrogens with zero attached hydrogens (tertiary/aromatic N) is 2. The average Bonchev–Trinajstić information content (AvgIpc) is 2.80. The highest BCUT2D eigenvalue weighted by Gasteiger charge is 2.34. The van der Waals surface area contributed by atoms with Crippen LogP contribution in [0.25, 0.3) is 0 Å². The minimum Gasteiger partial charge on any atom is -0.356 e. The summed E-state index contributed by atoms with van der Waals surface area (Å²) in [5.41, 5.74) is 0.469. The monoisotopic (exact) mass is 529 g/mol. The van der Waals surface area contributed by atoms with Crippen molar-refractivity contribution in [2.24, 2.45) is 5.92 Å². The van der Waals surface area contributed by atoms with Crippen LogP contribution in [0, 0.1) is 11.7 Å². The second kappa shape index (κ2) is 11.7. The zero-order valence-corrected chi connectivity index (χ0v) is 21.2. The number of carbonyl (C=O) groups is 1. The van der Waals surface area contributed by atoms with Crippen molar-refractivity contribution in [1.82, 2.24) is 9.71 Å². The van der Waals surface area contributed by atoms with Gasteiger partial charge in [0.2, 0.25) is 10.0 Å². The largest absolute Gasteiger partial charge is 0.433 e. The van der Waals surface area contributed by atoms with Crippen molar-refractivity contribution in [3.05, 3.63) is 58.5 Å². The molecule has 198 valence electrons. The fourth-order valence-corrected chi connectivity index (χ4v) is 4.52. The predicted octanol–water partition coefficient (Wildman–Crippen LogP) is 4.66. The van der Waals surface area contributed by atoms with Gasteiger partial charge >= 0.3 is 6.18 Å². The number of nitrogens with one attached hydrogen (secondary N) is 1. The average molecular weight is 530 g/mol. The van der Waals surface area contributed by atoms with Crippen molar-refractivity contribution in [1.29, 1.82) is 0 Å². The van der Waals surface area contributed by atoms with Gasteiger partial charge in [-0.2, -0.15) is 13.2 Å². The molecule has 0 radical (unpaired) electrons. The Balaban J connectivity index is 1.60. The highest BCUT2D eigenvalue weighted by Crippen LogP contribution is 2.32. The van der Waals surface area contributed by atoms with Gasteiger partial charge < -0.3 is 4.90 Å².